The van der Waals surface area contributed by atoms with Gasteiger partial charge in [0, 0.05) is 17.7 Å². The Morgan fingerprint density at radius 3 is 2.88 bits per heavy atom. The summed E-state index contributed by atoms with van der Waals surface area (Å²) in [4.78, 5) is 8.44. The van der Waals surface area contributed by atoms with Gasteiger partial charge in [-0.25, -0.2) is 18.4 Å². The molecule has 2 aromatic heterocycles. The number of ether oxygens (including phenoxy) is 1. The highest BCUT2D eigenvalue weighted by atomic mass is 19.1. The molecular formula is C17H15F2N5O. The molecule has 3 aromatic rings. The highest BCUT2D eigenvalue weighted by Gasteiger charge is 2.25. The van der Waals surface area contributed by atoms with Crippen LogP contribution in [0.15, 0.2) is 30.6 Å². The van der Waals surface area contributed by atoms with E-state index in [4.69, 9.17) is 4.74 Å². The molecule has 2 heterocycles. The third kappa shape index (κ3) is 3.19. The summed E-state index contributed by atoms with van der Waals surface area (Å²) in [7, 11) is 0. The van der Waals surface area contributed by atoms with Crippen LogP contribution in [0.3, 0.4) is 0 Å². The van der Waals surface area contributed by atoms with Crippen molar-refractivity contribution in [1.29, 1.82) is 0 Å². The second kappa shape index (κ2) is 6.19. The molecule has 0 aliphatic heterocycles. The first-order valence-electron chi connectivity index (χ1n) is 7.94. The van der Waals surface area contributed by atoms with Gasteiger partial charge in [0.1, 0.15) is 23.8 Å². The molecule has 25 heavy (non-hydrogen) atoms. The molecule has 1 fully saturated rings. The predicted molar refractivity (Wildman–Crippen MR) is 84.4 cm³/mol. The highest BCUT2D eigenvalue weighted by molar-refractivity contribution is 5.37. The van der Waals surface area contributed by atoms with E-state index in [1.165, 1.54) is 29.9 Å². The quantitative estimate of drug-likeness (QED) is 0.712. The summed E-state index contributed by atoms with van der Waals surface area (Å²) in [5, 5.41) is 7.81. The molecule has 1 saturated carbocycles. The zero-order valence-corrected chi connectivity index (χ0v) is 13.5. The van der Waals surface area contributed by atoms with Crippen molar-refractivity contribution in [3.8, 4) is 11.7 Å². The zero-order chi connectivity index (χ0) is 17.4. The monoisotopic (exact) mass is 343 g/mol. The van der Waals surface area contributed by atoms with Gasteiger partial charge in [-0.15, -0.1) is 5.10 Å². The van der Waals surface area contributed by atoms with Crippen molar-refractivity contribution >= 4 is 0 Å². The van der Waals surface area contributed by atoms with E-state index < -0.39 is 11.6 Å². The van der Waals surface area contributed by atoms with Gasteiger partial charge in [-0.1, -0.05) is 5.21 Å². The molecule has 0 spiro atoms. The molecule has 0 atom stereocenters. The van der Waals surface area contributed by atoms with E-state index in [1.807, 2.05) is 6.07 Å². The maximum absolute atomic E-state index is 14.2. The zero-order valence-electron chi connectivity index (χ0n) is 13.5. The number of hydrogen-bond donors (Lipinski definition) is 0. The van der Waals surface area contributed by atoms with E-state index in [9.17, 15) is 8.78 Å². The van der Waals surface area contributed by atoms with Crippen LogP contribution in [0.4, 0.5) is 8.78 Å². The van der Waals surface area contributed by atoms with Crippen molar-refractivity contribution < 1.29 is 13.5 Å². The van der Waals surface area contributed by atoms with E-state index >= 15 is 0 Å². The predicted octanol–water partition coefficient (Wildman–Crippen LogP) is 3.10. The van der Waals surface area contributed by atoms with Crippen molar-refractivity contribution in [2.45, 2.75) is 32.3 Å². The first kappa shape index (κ1) is 15.6. The van der Waals surface area contributed by atoms with Gasteiger partial charge in [-0.2, -0.15) is 4.98 Å². The molecule has 128 valence electrons. The van der Waals surface area contributed by atoms with Gasteiger partial charge in [-0.3, -0.25) is 0 Å². The van der Waals surface area contributed by atoms with Crippen LogP contribution >= 0.6 is 0 Å². The minimum atomic E-state index is -0.669. The number of benzene rings is 1. The molecule has 1 aromatic carbocycles. The third-order valence-electron chi connectivity index (χ3n) is 4.09. The summed E-state index contributed by atoms with van der Waals surface area (Å²) in [5.41, 5.74) is 1.54. The topological polar surface area (TPSA) is 65.7 Å². The van der Waals surface area contributed by atoms with Crippen molar-refractivity contribution in [2.75, 3.05) is 0 Å². The lowest BCUT2D eigenvalue weighted by Crippen LogP contribution is -2.02. The average molecular weight is 343 g/mol. The Bertz CT molecular complexity index is 923. The van der Waals surface area contributed by atoms with E-state index in [-0.39, 0.29) is 23.9 Å². The van der Waals surface area contributed by atoms with Crippen LogP contribution in [-0.4, -0.2) is 25.0 Å². The van der Waals surface area contributed by atoms with Crippen molar-refractivity contribution in [3.05, 3.63) is 59.2 Å². The molecule has 0 radical (unpaired) electrons. The minimum Gasteiger partial charge on any atom is -0.457 e. The summed E-state index contributed by atoms with van der Waals surface area (Å²) < 4.78 is 34.3. The van der Waals surface area contributed by atoms with Gasteiger partial charge in [0.2, 0.25) is 0 Å². The van der Waals surface area contributed by atoms with Crippen LogP contribution in [0.25, 0.3) is 5.69 Å². The number of nitrogens with zero attached hydrogens (tertiary/aromatic N) is 5. The van der Waals surface area contributed by atoms with Gasteiger partial charge >= 0.3 is 6.01 Å². The molecule has 6 nitrogen and oxygen atoms in total. The molecule has 1 aliphatic carbocycles. The number of hydrogen-bond acceptors (Lipinski definition) is 5. The summed E-state index contributed by atoms with van der Waals surface area (Å²) in [6.07, 6.45) is 5.49. The number of aromatic nitrogens is 5. The van der Waals surface area contributed by atoms with Crippen LogP contribution in [0.2, 0.25) is 0 Å². The minimum absolute atomic E-state index is 0.0592. The molecule has 4 rings (SSSR count). The Balaban J connectivity index is 1.48. The third-order valence-corrected chi connectivity index (χ3v) is 4.09. The van der Waals surface area contributed by atoms with Crippen molar-refractivity contribution in [1.82, 2.24) is 25.0 Å². The highest BCUT2D eigenvalue weighted by Crippen LogP contribution is 2.39. The molecule has 0 saturated heterocycles. The molecule has 0 bridgehead atoms. The molecule has 1 aliphatic rings. The summed E-state index contributed by atoms with van der Waals surface area (Å²) in [6, 6.07) is 4.69. The van der Waals surface area contributed by atoms with Gasteiger partial charge in [0.05, 0.1) is 11.9 Å². The smallest absolute Gasteiger partial charge is 0.316 e. The van der Waals surface area contributed by atoms with Crippen LogP contribution in [0.1, 0.15) is 35.7 Å². The fourth-order valence-corrected chi connectivity index (χ4v) is 2.47. The summed E-state index contributed by atoms with van der Waals surface area (Å²) >= 11 is 0. The van der Waals surface area contributed by atoms with Crippen LogP contribution in [0.5, 0.6) is 6.01 Å². The van der Waals surface area contributed by atoms with Crippen molar-refractivity contribution in [2.24, 2.45) is 0 Å². The SMILES string of the molecule is Cc1c(F)ccc(-n2cc(COc3nccc(C4CC4)n3)nn2)c1F. The Kier molecular flexibility index (Phi) is 3.87. The summed E-state index contributed by atoms with van der Waals surface area (Å²) in [5.74, 6) is -0.758. The lowest BCUT2D eigenvalue weighted by Gasteiger charge is -2.05. The van der Waals surface area contributed by atoms with Gasteiger partial charge < -0.3 is 4.74 Å². The fourth-order valence-electron chi connectivity index (χ4n) is 2.47. The van der Waals surface area contributed by atoms with Gasteiger partial charge in [0.15, 0.2) is 5.82 Å². The maximum Gasteiger partial charge on any atom is 0.316 e. The number of rotatable bonds is 5. The Labute approximate surface area is 142 Å². The Morgan fingerprint density at radius 1 is 1.24 bits per heavy atom. The molecular weight excluding hydrogens is 328 g/mol. The van der Waals surface area contributed by atoms with E-state index in [1.54, 1.807) is 6.20 Å². The van der Waals surface area contributed by atoms with Crippen LogP contribution in [0, 0.1) is 18.6 Å². The van der Waals surface area contributed by atoms with E-state index in [0.717, 1.165) is 18.5 Å². The van der Waals surface area contributed by atoms with Gasteiger partial charge in [-0.05, 0) is 38.0 Å². The first-order valence-corrected chi connectivity index (χ1v) is 7.94. The first-order chi connectivity index (χ1) is 12.1. The second-order valence-corrected chi connectivity index (χ2v) is 5.99. The number of halogens is 2. The maximum atomic E-state index is 14.2. The molecule has 8 heteroatoms. The fraction of sp³-hybridized carbons (Fsp3) is 0.294. The molecule has 0 amide bonds. The van der Waals surface area contributed by atoms with Gasteiger partial charge in [0.25, 0.3) is 0 Å². The lowest BCUT2D eigenvalue weighted by atomic mass is 10.2. The molecule has 0 unspecified atom stereocenters. The Morgan fingerprint density at radius 2 is 2.08 bits per heavy atom. The Hall–Kier alpha value is -2.90. The van der Waals surface area contributed by atoms with E-state index in [2.05, 4.69) is 20.3 Å². The van der Waals surface area contributed by atoms with E-state index in [0.29, 0.717) is 11.6 Å². The lowest BCUT2D eigenvalue weighted by molar-refractivity contribution is 0.275. The average Bonchev–Trinajstić information content (AvgIpc) is 3.37. The van der Waals surface area contributed by atoms with Crippen LogP contribution < -0.4 is 4.74 Å². The normalized spacial score (nSPS) is 13.9. The summed E-state index contributed by atoms with van der Waals surface area (Å²) in [6.45, 7) is 1.48. The van der Waals surface area contributed by atoms with Crippen LogP contribution in [-0.2, 0) is 6.61 Å². The largest absolute Gasteiger partial charge is 0.457 e. The van der Waals surface area contributed by atoms with Crippen molar-refractivity contribution in [3.63, 3.8) is 0 Å². The molecule has 0 N–H and O–H groups in total. The standard InChI is InChI=1S/C17H15F2N5O/c1-10-13(18)4-5-15(16(10)19)24-8-12(22-23-24)9-25-17-20-7-6-14(21-17)11-2-3-11/h4-8,11H,2-3,9H2,1H3. The second-order valence-electron chi connectivity index (χ2n) is 5.99.